The first-order valence-corrected chi connectivity index (χ1v) is 7.80. The van der Waals surface area contributed by atoms with Crippen molar-refractivity contribution in [3.63, 3.8) is 0 Å². The van der Waals surface area contributed by atoms with Gasteiger partial charge in [-0.25, -0.2) is 0 Å². The first-order valence-electron chi connectivity index (χ1n) is 7.80. The van der Waals surface area contributed by atoms with E-state index in [1.54, 1.807) is 0 Å². The molecule has 1 aromatic carbocycles. The Balaban J connectivity index is 1.42. The van der Waals surface area contributed by atoms with E-state index in [0.717, 1.165) is 30.2 Å². The minimum absolute atomic E-state index is 0.477. The van der Waals surface area contributed by atoms with Crippen molar-refractivity contribution in [2.75, 3.05) is 0 Å². The van der Waals surface area contributed by atoms with Crippen LogP contribution in [0.4, 0.5) is 0 Å². The van der Waals surface area contributed by atoms with Gasteiger partial charge in [0, 0.05) is 0 Å². The fourth-order valence-electron chi connectivity index (χ4n) is 5.17. The lowest BCUT2D eigenvalue weighted by Gasteiger charge is -2.35. The summed E-state index contributed by atoms with van der Waals surface area (Å²) in [5, 5.41) is 11.4. The lowest BCUT2D eigenvalue weighted by molar-refractivity contribution is 0.119. The summed E-state index contributed by atoms with van der Waals surface area (Å²) in [4.78, 5) is 0. The third kappa shape index (κ3) is 1.36. The summed E-state index contributed by atoms with van der Waals surface area (Å²) in [6, 6.07) is 11.7. The van der Waals surface area contributed by atoms with Gasteiger partial charge >= 0.3 is 0 Å². The van der Waals surface area contributed by atoms with Gasteiger partial charge in [-0.05, 0) is 42.1 Å². The molecule has 0 N–H and O–H groups in total. The summed E-state index contributed by atoms with van der Waals surface area (Å²) in [5.41, 5.74) is 1.34. The molecule has 3 nitrogen and oxygen atoms in total. The Morgan fingerprint density at radius 2 is 2.00 bits per heavy atom. The Morgan fingerprint density at radius 3 is 2.90 bits per heavy atom. The average Bonchev–Trinajstić information content (AvgIpc) is 3.18. The molecule has 0 spiro atoms. The van der Waals surface area contributed by atoms with Crippen molar-refractivity contribution in [2.24, 2.45) is 34.0 Å². The molecule has 4 aliphatic rings. The van der Waals surface area contributed by atoms with Crippen LogP contribution in [0.3, 0.4) is 0 Å². The molecule has 2 fully saturated rings. The molecule has 1 heterocycles. The smallest absolute Gasteiger partial charge is 0.0983 e. The van der Waals surface area contributed by atoms with Gasteiger partial charge in [0.1, 0.15) is 0 Å². The maximum absolute atomic E-state index is 4.64. The van der Waals surface area contributed by atoms with Gasteiger partial charge in [-0.2, -0.15) is 5.11 Å². The van der Waals surface area contributed by atoms with E-state index in [1.807, 2.05) is 0 Å². The third-order valence-electron chi connectivity index (χ3n) is 5.91. The molecule has 0 unspecified atom stereocenters. The van der Waals surface area contributed by atoms with Crippen molar-refractivity contribution in [3.05, 3.63) is 48.0 Å². The minimum Gasteiger partial charge on any atom is -0.269 e. The monoisotopic (exact) mass is 265 g/mol. The van der Waals surface area contributed by atoms with Crippen LogP contribution in [0.1, 0.15) is 18.4 Å². The summed E-state index contributed by atoms with van der Waals surface area (Å²) < 4.78 is 0. The van der Waals surface area contributed by atoms with E-state index in [0.29, 0.717) is 12.1 Å². The van der Waals surface area contributed by atoms with Crippen LogP contribution in [0.2, 0.25) is 0 Å². The van der Waals surface area contributed by atoms with Crippen molar-refractivity contribution in [2.45, 2.75) is 31.5 Å². The maximum Gasteiger partial charge on any atom is 0.0983 e. The molecule has 2 saturated carbocycles. The number of fused-ring (bicyclic) bond motifs is 8. The highest BCUT2D eigenvalue weighted by Gasteiger charge is 2.61. The molecule has 3 heteroatoms. The Morgan fingerprint density at radius 1 is 1.10 bits per heavy atom. The van der Waals surface area contributed by atoms with Gasteiger partial charge < -0.3 is 0 Å². The lowest BCUT2D eigenvalue weighted by Crippen LogP contribution is -2.44. The summed E-state index contributed by atoms with van der Waals surface area (Å²) in [5.74, 6) is 3.25. The van der Waals surface area contributed by atoms with Crippen LogP contribution >= 0.6 is 0 Å². The normalized spacial score (nSPS) is 43.3. The molecule has 5 rings (SSSR count). The number of rotatable bonds is 2. The Bertz CT molecular complexity index is 579. The predicted octanol–water partition coefficient (Wildman–Crippen LogP) is 3.45. The van der Waals surface area contributed by atoms with Gasteiger partial charge in [0.2, 0.25) is 0 Å². The molecule has 1 aliphatic heterocycles. The van der Waals surface area contributed by atoms with Crippen molar-refractivity contribution in [1.82, 2.24) is 5.01 Å². The number of hydrogen-bond donors (Lipinski definition) is 0. The van der Waals surface area contributed by atoms with Crippen LogP contribution in [-0.2, 0) is 6.54 Å². The van der Waals surface area contributed by atoms with E-state index in [1.165, 1.54) is 18.4 Å². The van der Waals surface area contributed by atoms with Crippen molar-refractivity contribution < 1.29 is 0 Å². The molecular formula is C17H19N3. The third-order valence-corrected chi connectivity index (χ3v) is 5.91. The Labute approximate surface area is 119 Å². The van der Waals surface area contributed by atoms with Gasteiger partial charge in [0.25, 0.3) is 0 Å². The Kier molecular flexibility index (Phi) is 2.18. The predicted molar refractivity (Wildman–Crippen MR) is 76.8 cm³/mol. The molecule has 0 radical (unpaired) electrons. The molecule has 102 valence electrons. The fourth-order valence-corrected chi connectivity index (χ4v) is 5.17. The van der Waals surface area contributed by atoms with Crippen molar-refractivity contribution in [1.29, 1.82) is 0 Å². The van der Waals surface area contributed by atoms with Crippen LogP contribution in [0.15, 0.2) is 52.8 Å². The lowest BCUT2D eigenvalue weighted by atomic mass is 9.76. The highest BCUT2D eigenvalue weighted by atomic mass is 15.6. The number of benzene rings is 1. The summed E-state index contributed by atoms with van der Waals surface area (Å²) in [6.07, 6.45) is 7.53. The van der Waals surface area contributed by atoms with Crippen LogP contribution in [-0.4, -0.2) is 17.1 Å². The van der Waals surface area contributed by atoms with E-state index in [2.05, 4.69) is 57.8 Å². The van der Waals surface area contributed by atoms with Gasteiger partial charge in [-0.1, -0.05) is 47.7 Å². The van der Waals surface area contributed by atoms with E-state index in [9.17, 15) is 0 Å². The van der Waals surface area contributed by atoms with Crippen molar-refractivity contribution >= 4 is 0 Å². The first kappa shape index (κ1) is 11.1. The topological polar surface area (TPSA) is 28.0 Å². The molecule has 6 atom stereocenters. The molecule has 0 saturated heterocycles. The zero-order chi connectivity index (χ0) is 13.1. The zero-order valence-electron chi connectivity index (χ0n) is 11.5. The van der Waals surface area contributed by atoms with E-state index in [-0.39, 0.29) is 0 Å². The second-order valence-corrected chi connectivity index (χ2v) is 6.74. The van der Waals surface area contributed by atoms with Gasteiger partial charge in [-0.3, -0.25) is 5.01 Å². The molecule has 0 amide bonds. The van der Waals surface area contributed by atoms with E-state index >= 15 is 0 Å². The van der Waals surface area contributed by atoms with E-state index in [4.69, 9.17) is 0 Å². The summed E-state index contributed by atoms with van der Waals surface area (Å²) in [6.45, 7) is 0.913. The minimum atomic E-state index is 0.477. The second-order valence-electron chi connectivity index (χ2n) is 6.74. The molecule has 2 bridgehead atoms. The molecule has 0 aromatic heterocycles. The highest BCUT2D eigenvalue weighted by Crippen LogP contribution is 2.60. The highest BCUT2D eigenvalue weighted by molar-refractivity contribution is 5.22. The fraction of sp³-hybridized carbons (Fsp3) is 0.529. The number of hydrogen-bond acceptors (Lipinski definition) is 3. The molecule has 20 heavy (non-hydrogen) atoms. The molecule has 3 aliphatic carbocycles. The van der Waals surface area contributed by atoms with Gasteiger partial charge in [0.05, 0.1) is 18.6 Å². The Hall–Kier alpha value is -1.64. The van der Waals surface area contributed by atoms with E-state index < -0.39 is 0 Å². The SMILES string of the molecule is C1=C[C@H]2[C@H]3C[C@H]([C@H]2C1)[C@H]1N=NN(Cc2ccccc2)[C@@H]31. The van der Waals surface area contributed by atoms with Gasteiger partial charge in [-0.15, -0.1) is 0 Å². The molecule has 1 aromatic rings. The summed E-state index contributed by atoms with van der Waals surface area (Å²) >= 11 is 0. The number of nitrogens with zero attached hydrogens (tertiary/aromatic N) is 3. The quantitative estimate of drug-likeness (QED) is 0.753. The standard InChI is InChI=1S/C17H19N3/c1-2-5-11(6-3-1)10-20-17-15-9-14(16(17)18-19-20)12-7-4-8-13(12)15/h1-6,8,12-17H,7,9-10H2/t12-,13+,14+,15+,16+,17-/m0/s1. The second kappa shape index (κ2) is 3.94. The van der Waals surface area contributed by atoms with Crippen LogP contribution in [0, 0.1) is 23.7 Å². The zero-order valence-corrected chi connectivity index (χ0v) is 11.5. The average molecular weight is 265 g/mol. The van der Waals surface area contributed by atoms with Gasteiger partial charge in [0.15, 0.2) is 0 Å². The van der Waals surface area contributed by atoms with Crippen molar-refractivity contribution in [3.8, 4) is 0 Å². The summed E-state index contributed by atoms with van der Waals surface area (Å²) in [7, 11) is 0. The first-order chi connectivity index (χ1) is 9.92. The van der Waals surface area contributed by atoms with Crippen LogP contribution in [0.5, 0.6) is 0 Å². The maximum atomic E-state index is 4.64. The molecular weight excluding hydrogens is 246 g/mol. The van der Waals surface area contributed by atoms with Crippen LogP contribution < -0.4 is 0 Å². The largest absolute Gasteiger partial charge is 0.269 e. The van der Waals surface area contributed by atoms with Crippen LogP contribution in [0.25, 0.3) is 0 Å². The number of allylic oxidation sites excluding steroid dienone is 2.